The summed E-state index contributed by atoms with van der Waals surface area (Å²) in [6, 6.07) is 0.630. The van der Waals surface area contributed by atoms with Crippen LogP contribution in [0.3, 0.4) is 0 Å². The molecule has 0 aromatic rings. The quantitative estimate of drug-likeness (QED) is 0.539. The van der Waals surface area contributed by atoms with Crippen LogP contribution in [-0.4, -0.2) is 12.6 Å². The molecule has 0 heterocycles. The Bertz CT molecular complexity index is 228. The van der Waals surface area contributed by atoms with E-state index in [4.69, 9.17) is 0 Å². The summed E-state index contributed by atoms with van der Waals surface area (Å²) in [5.74, 6) is 7.23. The molecular weight excluding hydrogens is 206 g/mol. The molecule has 0 aromatic carbocycles. The van der Waals surface area contributed by atoms with E-state index in [0.29, 0.717) is 6.04 Å². The molecule has 0 aromatic heterocycles. The van der Waals surface area contributed by atoms with Gasteiger partial charge in [0.05, 0.1) is 0 Å². The maximum absolute atomic E-state index is 3.67. The molecule has 1 rings (SSSR count). The third kappa shape index (κ3) is 6.74. The lowest BCUT2D eigenvalue weighted by Crippen LogP contribution is -2.31. The number of rotatable bonds is 6. The molecule has 1 saturated carbocycles. The lowest BCUT2D eigenvalue weighted by molar-refractivity contribution is 0.354. The summed E-state index contributed by atoms with van der Waals surface area (Å²) >= 11 is 0. The molecule has 1 fully saturated rings. The Morgan fingerprint density at radius 1 is 1.18 bits per heavy atom. The van der Waals surface area contributed by atoms with E-state index in [-0.39, 0.29) is 0 Å². The minimum absolute atomic E-state index is 0.630. The summed E-state index contributed by atoms with van der Waals surface area (Å²) in [6.45, 7) is 5.33. The summed E-state index contributed by atoms with van der Waals surface area (Å²) in [6.07, 6.45) is 12.3. The fraction of sp³-hybridized carbons (Fsp3) is 0.875. The molecule has 0 aliphatic heterocycles. The van der Waals surface area contributed by atoms with Gasteiger partial charge in [0.2, 0.25) is 0 Å². The fourth-order valence-electron chi connectivity index (χ4n) is 2.81. The summed E-state index contributed by atoms with van der Waals surface area (Å²) < 4.78 is 0. The van der Waals surface area contributed by atoms with Crippen LogP contribution < -0.4 is 5.32 Å². The second kappa shape index (κ2) is 9.54. The van der Waals surface area contributed by atoms with Gasteiger partial charge in [0.1, 0.15) is 0 Å². The second-order valence-corrected chi connectivity index (χ2v) is 5.38. The number of hydrogen-bond acceptors (Lipinski definition) is 1. The van der Waals surface area contributed by atoms with E-state index in [1.54, 1.807) is 0 Å². The lowest BCUT2D eigenvalue weighted by atomic mass is 9.91. The highest BCUT2D eigenvalue weighted by molar-refractivity contribution is 4.98. The van der Waals surface area contributed by atoms with Gasteiger partial charge < -0.3 is 5.32 Å². The van der Waals surface area contributed by atoms with Crippen LogP contribution in [0.15, 0.2) is 0 Å². The first-order chi connectivity index (χ1) is 8.36. The molecule has 17 heavy (non-hydrogen) atoms. The van der Waals surface area contributed by atoms with Crippen molar-refractivity contribution in [1.29, 1.82) is 0 Å². The molecular formula is C16H29N. The van der Waals surface area contributed by atoms with E-state index in [1.165, 1.54) is 51.4 Å². The molecule has 0 radical (unpaired) electrons. The van der Waals surface area contributed by atoms with Crippen LogP contribution in [0.5, 0.6) is 0 Å². The standard InChI is InChI=1S/C16H29N/c1-3-5-12-16(17-13-4-2)14-15-10-8-6-7-9-11-15/h15-17H,4,6-14H2,1-2H3. The Morgan fingerprint density at radius 2 is 1.88 bits per heavy atom. The van der Waals surface area contributed by atoms with Crippen LogP contribution in [0.2, 0.25) is 0 Å². The topological polar surface area (TPSA) is 12.0 Å². The first-order valence-electron chi connectivity index (χ1n) is 7.49. The lowest BCUT2D eigenvalue weighted by Gasteiger charge is -2.22. The molecule has 0 spiro atoms. The van der Waals surface area contributed by atoms with Gasteiger partial charge in [-0.1, -0.05) is 45.4 Å². The summed E-state index contributed by atoms with van der Waals surface area (Å²) in [5, 5.41) is 3.67. The highest BCUT2D eigenvalue weighted by atomic mass is 14.9. The van der Waals surface area contributed by atoms with Crippen molar-refractivity contribution < 1.29 is 0 Å². The van der Waals surface area contributed by atoms with Gasteiger partial charge in [-0.05, 0) is 32.2 Å². The van der Waals surface area contributed by atoms with Crippen LogP contribution in [-0.2, 0) is 0 Å². The predicted molar refractivity (Wildman–Crippen MR) is 76.0 cm³/mol. The molecule has 1 heteroatoms. The van der Waals surface area contributed by atoms with Crippen molar-refractivity contribution in [2.45, 2.75) is 77.7 Å². The highest BCUT2D eigenvalue weighted by Crippen LogP contribution is 2.26. The molecule has 1 N–H and O–H groups in total. The largest absolute Gasteiger partial charge is 0.313 e. The van der Waals surface area contributed by atoms with Crippen molar-refractivity contribution >= 4 is 0 Å². The zero-order chi connectivity index (χ0) is 12.3. The van der Waals surface area contributed by atoms with Gasteiger partial charge in [-0.3, -0.25) is 0 Å². The summed E-state index contributed by atoms with van der Waals surface area (Å²) in [5.41, 5.74) is 0. The van der Waals surface area contributed by atoms with Crippen molar-refractivity contribution in [1.82, 2.24) is 5.32 Å². The molecule has 1 atom stereocenters. The first-order valence-corrected chi connectivity index (χ1v) is 7.49. The second-order valence-electron chi connectivity index (χ2n) is 5.38. The van der Waals surface area contributed by atoms with Crippen LogP contribution >= 0.6 is 0 Å². The monoisotopic (exact) mass is 235 g/mol. The van der Waals surface area contributed by atoms with Crippen LogP contribution in [0.1, 0.15) is 71.6 Å². The molecule has 1 nitrogen and oxygen atoms in total. The number of nitrogens with one attached hydrogen (secondary N) is 1. The summed E-state index contributed by atoms with van der Waals surface area (Å²) in [4.78, 5) is 0. The molecule has 1 aliphatic rings. The van der Waals surface area contributed by atoms with E-state index in [9.17, 15) is 0 Å². The van der Waals surface area contributed by atoms with Crippen LogP contribution in [0, 0.1) is 17.8 Å². The minimum atomic E-state index is 0.630. The van der Waals surface area contributed by atoms with Crippen molar-refractivity contribution in [3.63, 3.8) is 0 Å². The van der Waals surface area contributed by atoms with Crippen LogP contribution in [0.25, 0.3) is 0 Å². The molecule has 1 unspecified atom stereocenters. The molecule has 0 saturated heterocycles. The van der Waals surface area contributed by atoms with Gasteiger partial charge in [-0.2, -0.15) is 0 Å². The Morgan fingerprint density at radius 3 is 2.47 bits per heavy atom. The van der Waals surface area contributed by atoms with Gasteiger partial charge in [0.25, 0.3) is 0 Å². The van der Waals surface area contributed by atoms with E-state index in [1.807, 2.05) is 6.92 Å². The fourth-order valence-corrected chi connectivity index (χ4v) is 2.81. The summed E-state index contributed by atoms with van der Waals surface area (Å²) in [7, 11) is 0. The highest BCUT2D eigenvalue weighted by Gasteiger charge is 2.17. The van der Waals surface area contributed by atoms with E-state index >= 15 is 0 Å². The Labute approximate surface area is 108 Å². The van der Waals surface area contributed by atoms with E-state index in [2.05, 4.69) is 24.1 Å². The van der Waals surface area contributed by atoms with E-state index in [0.717, 1.165) is 18.9 Å². The van der Waals surface area contributed by atoms with Crippen molar-refractivity contribution in [2.75, 3.05) is 6.54 Å². The Balaban J connectivity index is 2.35. The number of hydrogen-bond donors (Lipinski definition) is 1. The Hall–Kier alpha value is -0.480. The molecule has 1 aliphatic carbocycles. The minimum Gasteiger partial charge on any atom is -0.313 e. The third-order valence-corrected chi connectivity index (χ3v) is 3.80. The maximum atomic E-state index is 3.67. The van der Waals surface area contributed by atoms with Gasteiger partial charge in [0, 0.05) is 12.5 Å². The van der Waals surface area contributed by atoms with Crippen molar-refractivity contribution in [2.24, 2.45) is 5.92 Å². The van der Waals surface area contributed by atoms with Crippen LogP contribution in [0.4, 0.5) is 0 Å². The smallest absolute Gasteiger partial charge is 0.0243 e. The normalized spacial score (nSPS) is 19.2. The third-order valence-electron chi connectivity index (χ3n) is 3.80. The first kappa shape index (κ1) is 14.6. The predicted octanol–water partition coefficient (Wildman–Crippen LogP) is 4.13. The van der Waals surface area contributed by atoms with Crippen molar-refractivity contribution in [3.8, 4) is 11.8 Å². The average molecular weight is 235 g/mol. The van der Waals surface area contributed by atoms with Gasteiger partial charge in [0.15, 0.2) is 0 Å². The molecule has 0 bridgehead atoms. The average Bonchev–Trinajstić information content (AvgIpc) is 2.61. The van der Waals surface area contributed by atoms with Gasteiger partial charge in [-0.15, -0.1) is 11.8 Å². The van der Waals surface area contributed by atoms with Gasteiger partial charge >= 0.3 is 0 Å². The van der Waals surface area contributed by atoms with Gasteiger partial charge in [-0.25, -0.2) is 0 Å². The Kier molecular flexibility index (Phi) is 8.18. The SMILES string of the molecule is CC#CCC(CC1CCCCCC1)NCCC. The van der Waals surface area contributed by atoms with Crippen molar-refractivity contribution in [3.05, 3.63) is 0 Å². The maximum Gasteiger partial charge on any atom is 0.0243 e. The molecule has 98 valence electrons. The zero-order valence-corrected chi connectivity index (χ0v) is 11.7. The zero-order valence-electron chi connectivity index (χ0n) is 11.7. The molecule has 0 amide bonds. The van der Waals surface area contributed by atoms with E-state index < -0.39 is 0 Å².